The molecule has 0 aliphatic heterocycles. The Bertz CT molecular complexity index is 437. The van der Waals surface area contributed by atoms with Crippen molar-refractivity contribution in [1.29, 1.82) is 0 Å². The molecule has 0 aliphatic rings. The van der Waals surface area contributed by atoms with E-state index in [1.165, 1.54) is 0 Å². The summed E-state index contributed by atoms with van der Waals surface area (Å²) in [5.74, 6) is -0.0192. The number of hydrogen-bond donors (Lipinski definition) is 0. The maximum Gasteiger partial charge on any atom is 0.172 e. The molecule has 1 aromatic carbocycles. The highest BCUT2D eigenvalue weighted by molar-refractivity contribution is 6.04. The van der Waals surface area contributed by atoms with Gasteiger partial charge in [0.05, 0.1) is 6.42 Å². The lowest BCUT2D eigenvalue weighted by Crippen LogP contribution is -2.00. The molecule has 15 heavy (non-hydrogen) atoms. The maximum absolute atomic E-state index is 11.7. The number of hydrogen-bond acceptors (Lipinski definition) is 2. The average Bonchev–Trinajstić information content (AvgIpc) is 2.31. The number of pyridine rings is 1. The van der Waals surface area contributed by atoms with E-state index in [1.807, 2.05) is 30.3 Å². The quantitative estimate of drug-likeness (QED) is 0.706. The van der Waals surface area contributed by atoms with Crippen molar-refractivity contribution in [3.05, 3.63) is 72.4 Å². The van der Waals surface area contributed by atoms with Crippen molar-refractivity contribution >= 4 is 5.78 Å². The number of benzene rings is 1. The highest BCUT2D eigenvalue weighted by atomic mass is 16.1. The number of nitrogens with zero attached hydrogens (tertiary/aromatic N) is 1. The van der Waals surface area contributed by atoms with Gasteiger partial charge in [0, 0.05) is 18.0 Å². The Balaban J connectivity index is 2.12. The van der Waals surface area contributed by atoms with Crippen molar-refractivity contribution in [1.82, 2.24) is 4.98 Å². The molecule has 0 aliphatic carbocycles. The van der Waals surface area contributed by atoms with Gasteiger partial charge in [-0.05, 0) is 17.7 Å². The third kappa shape index (κ3) is 2.50. The van der Waals surface area contributed by atoms with Crippen molar-refractivity contribution in [3.8, 4) is 0 Å². The van der Waals surface area contributed by atoms with E-state index in [0.717, 1.165) is 5.56 Å². The smallest absolute Gasteiger partial charge is 0.172 e. The van der Waals surface area contributed by atoms with E-state index in [1.54, 1.807) is 30.9 Å². The van der Waals surface area contributed by atoms with Gasteiger partial charge in [-0.3, -0.25) is 9.78 Å². The number of ketones is 1. The number of aromatic nitrogens is 1. The number of carbonyl (C=O) groups excluding carboxylic acids is 1. The summed E-state index contributed by atoms with van der Waals surface area (Å²) in [7, 11) is 0. The number of Topliss-reactive ketones (excluding diaryl/α,β-unsaturated/α-hetero) is 1. The van der Waals surface area contributed by atoms with Crippen LogP contribution in [0.15, 0.2) is 54.9 Å². The normalized spacial score (nSPS) is 9.87. The topological polar surface area (TPSA) is 30.0 Å². The molecule has 2 aromatic rings. The Labute approximate surface area is 88.6 Å². The van der Waals surface area contributed by atoms with Gasteiger partial charge in [-0.2, -0.15) is 0 Å². The minimum Gasteiger partial charge on any atom is -0.293 e. The Morgan fingerprint density at radius 1 is 1.07 bits per heavy atom. The first-order chi connectivity index (χ1) is 7.36. The van der Waals surface area contributed by atoms with Gasteiger partial charge in [0.2, 0.25) is 0 Å². The summed E-state index contributed by atoms with van der Waals surface area (Å²) in [6.07, 6.45) is 4.83. The second kappa shape index (κ2) is 4.51. The predicted octanol–water partition coefficient (Wildman–Crippen LogP) is 2.52. The molecule has 1 aromatic heterocycles. The monoisotopic (exact) mass is 196 g/mol. The zero-order valence-electron chi connectivity index (χ0n) is 8.13. The summed E-state index contributed by atoms with van der Waals surface area (Å²) in [6, 6.07) is 13.0. The Hall–Kier alpha value is -1.96. The van der Waals surface area contributed by atoms with Gasteiger partial charge in [0.25, 0.3) is 0 Å². The fourth-order valence-electron chi connectivity index (χ4n) is 1.29. The van der Waals surface area contributed by atoms with Gasteiger partial charge in [-0.25, -0.2) is 0 Å². The van der Waals surface area contributed by atoms with Crippen LogP contribution in [0.5, 0.6) is 0 Å². The molecule has 0 unspecified atom stereocenters. The summed E-state index contributed by atoms with van der Waals surface area (Å²) >= 11 is 0. The van der Waals surface area contributed by atoms with Crippen LogP contribution in [-0.2, 0) is 0 Å². The van der Waals surface area contributed by atoms with Crippen molar-refractivity contribution in [3.63, 3.8) is 0 Å². The van der Waals surface area contributed by atoms with Crippen LogP contribution in [0, 0.1) is 6.42 Å². The molecular weight excluding hydrogens is 186 g/mol. The van der Waals surface area contributed by atoms with Crippen molar-refractivity contribution < 1.29 is 4.79 Å². The van der Waals surface area contributed by atoms with E-state index < -0.39 is 0 Å². The van der Waals surface area contributed by atoms with E-state index in [2.05, 4.69) is 4.98 Å². The SMILES string of the molecule is O=C([CH]c1ccccc1)c1cccnc1. The molecule has 0 N–H and O–H groups in total. The summed E-state index contributed by atoms with van der Waals surface area (Å²) in [6.45, 7) is 0. The third-order valence-corrected chi connectivity index (χ3v) is 2.04. The predicted molar refractivity (Wildman–Crippen MR) is 58.4 cm³/mol. The van der Waals surface area contributed by atoms with Gasteiger partial charge in [0.1, 0.15) is 0 Å². The second-order valence-electron chi connectivity index (χ2n) is 3.16. The number of carbonyl (C=O) groups is 1. The molecule has 2 rings (SSSR count). The van der Waals surface area contributed by atoms with Crippen molar-refractivity contribution in [2.75, 3.05) is 0 Å². The average molecular weight is 196 g/mol. The second-order valence-corrected chi connectivity index (χ2v) is 3.16. The minimum absolute atomic E-state index is 0.0192. The summed E-state index contributed by atoms with van der Waals surface area (Å²) in [4.78, 5) is 15.6. The number of rotatable bonds is 3. The molecule has 1 heterocycles. The van der Waals surface area contributed by atoms with Crippen LogP contribution < -0.4 is 0 Å². The van der Waals surface area contributed by atoms with Crippen LogP contribution in [0.1, 0.15) is 15.9 Å². The van der Waals surface area contributed by atoms with Gasteiger partial charge in [-0.1, -0.05) is 30.3 Å². The van der Waals surface area contributed by atoms with Gasteiger partial charge in [-0.15, -0.1) is 0 Å². The van der Waals surface area contributed by atoms with E-state index in [4.69, 9.17) is 0 Å². The van der Waals surface area contributed by atoms with E-state index in [9.17, 15) is 4.79 Å². The van der Waals surface area contributed by atoms with Crippen LogP contribution in [0.2, 0.25) is 0 Å². The fourth-order valence-corrected chi connectivity index (χ4v) is 1.29. The van der Waals surface area contributed by atoms with Crippen LogP contribution in [0.4, 0.5) is 0 Å². The molecule has 0 amide bonds. The van der Waals surface area contributed by atoms with E-state index >= 15 is 0 Å². The lowest BCUT2D eigenvalue weighted by Gasteiger charge is -1.99. The molecule has 0 fully saturated rings. The molecule has 0 bridgehead atoms. The van der Waals surface area contributed by atoms with Gasteiger partial charge in [0.15, 0.2) is 5.78 Å². The highest BCUT2D eigenvalue weighted by Gasteiger charge is 2.06. The zero-order valence-corrected chi connectivity index (χ0v) is 8.13. The van der Waals surface area contributed by atoms with Gasteiger partial charge >= 0.3 is 0 Å². The summed E-state index contributed by atoms with van der Waals surface area (Å²) in [5.41, 5.74) is 1.52. The molecular formula is C13H10NO. The van der Waals surface area contributed by atoms with Crippen LogP contribution in [-0.4, -0.2) is 10.8 Å². The molecule has 2 nitrogen and oxygen atoms in total. The zero-order chi connectivity index (χ0) is 10.5. The van der Waals surface area contributed by atoms with Crippen molar-refractivity contribution in [2.24, 2.45) is 0 Å². The first-order valence-electron chi connectivity index (χ1n) is 4.70. The first kappa shape index (κ1) is 9.59. The standard InChI is InChI=1S/C13H10NO/c15-13(12-7-4-8-14-10-12)9-11-5-2-1-3-6-11/h1-10H. The molecule has 2 heteroatoms. The van der Waals surface area contributed by atoms with Crippen LogP contribution in [0.3, 0.4) is 0 Å². The highest BCUT2D eigenvalue weighted by Crippen LogP contribution is 2.07. The molecule has 0 saturated carbocycles. The van der Waals surface area contributed by atoms with Gasteiger partial charge < -0.3 is 0 Å². The largest absolute Gasteiger partial charge is 0.293 e. The van der Waals surface area contributed by atoms with E-state index in [0.29, 0.717) is 5.56 Å². The van der Waals surface area contributed by atoms with Crippen LogP contribution in [0.25, 0.3) is 0 Å². The molecule has 0 spiro atoms. The Morgan fingerprint density at radius 3 is 2.53 bits per heavy atom. The molecule has 0 atom stereocenters. The maximum atomic E-state index is 11.7. The first-order valence-corrected chi connectivity index (χ1v) is 4.70. The summed E-state index contributed by atoms with van der Waals surface area (Å²) < 4.78 is 0. The Morgan fingerprint density at radius 2 is 1.87 bits per heavy atom. The minimum atomic E-state index is -0.0192. The van der Waals surface area contributed by atoms with E-state index in [-0.39, 0.29) is 5.78 Å². The molecule has 73 valence electrons. The molecule has 1 radical (unpaired) electrons. The molecule has 0 saturated heterocycles. The summed E-state index contributed by atoms with van der Waals surface area (Å²) in [5, 5.41) is 0. The van der Waals surface area contributed by atoms with Crippen molar-refractivity contribution in [2.45, 2.75) is 0 Å². The van der Waals surface area contributed by atoms with Crippen LogP contribution >= 0.6 is 0 Å². The lowest BCUT2D eigenvalue weighted by atomic mass is 10.0. The third-order valence-electron chi connectivity index (χ3n) is 2.04. The lowest BCUT2D eigenvalue weighted by molar-refractivity contribution is 0.103. The Kier molecular flexibility index (Phi) is 2.88. The fraction of sp³-hybridized carbons (Fsp3) is 0.